The van der Waals surface area contributed by atoms with E-state index in [4.69, 9.17) is 11.6 Å². The van der Waals surface area contributed by atoms with Gasteiger partial charge < -0.3 is 5.32 Å². The van der Waals surface area contributed by atoms with Gasteiger partial charge in [-0.1, -0.05) is 16.1 Å². The van der Waals surface area contributed by atoms with Gasteiger partial charge in [0.15, 0.2) is 10.8 Å². The van der Waals surface area contributed by atoms with Crippen molar-refractivity contribution in [3.8, 4) is 0 Å². The van der Waals surface area contributed by atoms with E-state index in [1.54, 1.807) is 17.6 Å². The normalized spacial score (nSPS) is 10.1. The van der Waals surface area contributed by atoms with Crippen LogP contribution < -0.4 is 5.32 Å². The summed E-state index contributed by atoms with van der Waals surface area (Å²) in [5, 5.41) is 8.01. The molecule has 0 aliphatic heterocycles. The van der Waals surface area contributed by atoms with Crippen molar-refractivity contribution in [1.29, 1.82) is 0 Å². The van der Waals surface area contributed by atoms with Crippen LogP contribution in [0.3, 0.4) is 0 Å². The second kappa shape index (κ2) is 4.86. The van der Waals surface area contributed by atoms with Crippen LogP contribution in [-0.4, -0.2) is 20.5 Å². The van der Waals surface area contributed by atoms with E-state index < -0.39 is 0 Å². The van der Waals surface area contributed by atoms with Gasteiger partial charge in [0.05, 0.1) is 5.69 Å². The van der Waals surface area contributed by atoms with Crippen molar-refractivity contribution in [3.63, 3.8) is 0 Å². The lowest BCUT2D eigenvalue weighted by Gasteiger charge is -2.04. The summed E-state index contributed by atoms with van der Waals surface area (Å²) in [6.07, 6.45) is 1.54. The molecular weight excluding hydrogens is 316 g/mol. The van der Waals surface area contributed by atoms with Crippen LogP contribution in [0, 0.1) is 0 Å². The van der Waals surface area contributed by atoms with Crippen molar-refractivity contribution in [2.24, 2.45) is 0 Å². The predicted octanol–water partition coefficient (Wildman–Crippen LogP) is 2.60. The predicted molar refractivity (Wildman–Crippen MR) is 64.8 cm³/mol. The first-order valence-electron chi connectivity index (χ1n) is 4.06. The van der Waals surface area contributed by atoms with E-state index in [0.29, 0.717) is 5.69 Å². The lowest BCUT2D eigenvalue weighted by Crippen LogP contribution is -2.13. The standard InChI is InChI=1S/C8H4BrClN4OS/c9-4-1-5(7(10)11-2-4)12-8(15)6-3-16-14-13-6/h1-3H,(H,12,15). The largest absolute Gasteiger partial charge is 0.318 e. The van der Waals surface area contributed by atoms with E-state index in [9.17, 15) is 4.79 Å². The Hall–Kier alpha value is -1.05. The summed E-state index contributed by atoms with van der Waals surface area (Å²) < 4.78 is 4.32. The molecule has 0 spiro atoms. The highest BCUT2D eigenvalue weighted by Gasteiger charge is 2.11. The summed E-state index contributed by atoms with van der Waals surface area (Å²) in [4.78, 5) is 15.5. The van der Waals surface area contributed by atoms with Crippen molar-refractivity contribution in [2.45, 2.75) is 0 Å². The minimum absolute atomic E-state index is 0.222. The molecule has 1 amide bonds. The SMILES string of the molecule is O=C(Nc1cc(Br)cnc1Cl)c1csnn1. The number of nitrogens with zero attached hydrogens (tertiary/aromatic N) is 3. The van der Waals surface area contributed by atoms with E-state index in [0.717, 1.165) is 16.0 Å². The van der Waals surface area contributed by atoms with Gasteiger partial charge in [0.25, 0.3) is 5.91 Å². The van der Waals surface area contributed by atoms with Gasteiger partial charge in [-0.15, -0.1) is 5.10 Å². The Morgan fingerprint density at radius 1 is 1.56 bits per heavy atom. The number of carbonyl (C=O) groups is 1. The molecule has 0 bridgehead atoms. The Balaban J connectivity index is 2.21. The fourth-order valence-electron chi connectivity index (χ4n) is 0.960. The number of hydrogen-bond donors (Lipinski definition) is 1. The summed E-state index contributed by atoms with van der Waals surface area (Å²) in [5.74, 6) is -0.365. The second-order valence-corrected chi connectivity index (χ2v) is 4.62. The molecular formula is C8H4BrClN4OS. The van der Waals surface area contributed by atoms with Gasteiger partial charge in [-0.3, -0.25) is 4.79 Å². The summed E-state index contributed by atoms with van der Waals surface area (Å²) >= 11 is 10.2. The third-order valence-corrected chi connectivity index (χ3v) is 2.89. The first-order valence-corrected chi connectivity index (χ1v) is 6.07. The third-order valence-electron chi connectivity index (χ3n) is 1.65. The van der Waals surface area contributed by atoms with Crippen molar-refractivity contribution in [3.05, 3.63) is 33.0 Å². The first-order chi connectivity index (χ1) is 7.66. The van der Waals surface area contributed by atoms with Crippen LogP contribution in [0.15, 0.2) is 22.1 Å². The number of pyridine rings is 1. The Labute approximate surface area is 108 Å². The molecule has 82 valence electrons. The second-order valence-electron chi connectivity index (χ2n) is 2.74. The van der Waals surface area contributed by atoms with Gasteiger partial charge in [0.1, 0.15) is 0 Å². The van der Waals surface area contributed by atoms with Crippen LogP contribution in [0.5, 0.6) is 0 Å². The summed E-state index contributed by atoms with van der Waals surface area (Å²) in [6, 6.07) is 1.66. The van der Waals surface area contributed by atoms with E-state index in [-0.39, 0.29) is 16.8 Å². The van der Waals surface area contributed by atoms with Gasteiger partial charge in [0, 0.05) is 16.0 Å². The summed E-state index contributed by atoms with van der Waals surface area (Å²) in [5.41, 5.74) is 0.676. The molecule has 0 radical (unpaired) electrons. The van der Waals surface area contributed by atoms with Crippen LogP contribution in [-0.2, 0) is 0 Å². The highest BCUT2D eigenvalue weighted by Crippen LogP contribution is 2.23. The summed E-state index contributed by atoms with van der Waals surface area (Å²) in [7, 11) is 0. The molecule has 0 aliphatic rings. The van der Waals surface area contributed by atoms with Crippen LogP contribution in [0.1, 0.15) is 10.5 Å². The Morgan fingerprint density at radius 3 is 3.06 bits per heavy atom. The van der Waals surface area contributed by atoms with E-state index in [2.05, 4.69) is 35.8 Å². The molecule has 0 saturated heterocycles. The molecule has 0 saturated carbocycles. The zero-order chi connectivity index (χ0) is 11.5. The highest BCUT2D eigenvalue weighted by atomic mass is 79.9. The maximum Gasteiger partial charge on any atom is 0.277 e. The maximum absolute atomic E-state index is 11.6. The van der Waals surface area contributed by atoms with Gasteiger partial charge >= 0.3 is 0 Å². The maximum atomic E-state index is 11.6. The van der Waals surface area contributed by atoms with E-state index >= 15 is 0 Å². The number of aromatic nitrogens is 3. The van der Waals surface area contributed by atoms with Crippen LogP contribution in [0.2, 0.25) is 5.15 Å². The molecule has 0 atom stereocenters. The van der Waals surface area contributed by atoms with Crippen molar-refractivity contribution in [1.82, 2.24) is 14.6 Å². The lowest BCUT2D eigenvalue weighted by atomic mass is 10.4. The zero-order valence-electron chi connectivity index (χ0n) is 7.65. The molecule has 1 N–H and O–H groups in total. The van der Waals surface area contributed by atoms with Crippen LogP contribution in [0.25, 0.3) is 0 Å². The number of nitrogens with one attached hydrogen (secondary N) is 1. The molecule has 2 rings (SSSR count). The van der Waals surface area contributed by atoms with E-state index in [1.807, 2.05) is 0 Å². The van der Waals surface area contributed by atoms with Gasteiger partial charge in [-0.05, 0) is 33.5 Å². The van der Waals surface area contributed by atoms with Crippen molar-refractivity contribution >= 4 is 50.7 Å². The zero-order valence-corrected chi connectivity index (χ0v) is 10.8. The van der Waals surface area contributed by atoms with Gasteiger partial charge in [-0.25, -0.2) is 4.98 Å². The van der Waals surface area contributed by atoms with Gasteiger partial charge in [0.2, 0.25) is 0 Å². The number of anilines is 1. The van der Waals surface area contributed by atoms with Crippen molar-refractivity contribution in [2.75, 3.05) is 5.32 Å². The fourth-order valence-corrected chi connectivity index (χ4v) is 1.88. The molecule has 2 heterocycles. The average molecular weight is 320 g/mol. The number of carbonyl (C=O) groups excluding carboxylic acids is 1. The molecule has 16 heavy (non-hydrogen) atoms. The van der Waals surface area contributed by atoms with E-state index in [1.165, 1.54) is 0 Å². The smallest absolute Gasteiger partial charge is 0.277 e. The Morgan fingerprint density at radius 2 is 2.38 bits per heavy atom. The van der Waals surface area contributed by atoms with Crippen LogP contribution in [0.4, 0.5) is 5.69 Å². The Kier molecular flexibility index (Phi) is 3.47. The number of amides is 1. The topological polar surface area (TPSA) is 67.8 Å². The molecule has 0 aliphatic carbocycles. The molecule has 0 aromatic carbocycles. The number of rotatable bonds is 2. The fraction of sp³-hybridized carbons (Fsp3) is 0. The Bertz CT molecular complexity index is 519. The van der Waals surface area contributed by atoms with Gasteiger partial charge in [-0.2, -0.15) is 0 Å². The van der Waals surface area contributed by atoms with Crippen LogP contribution >= 0.6 is 39.1 Å². The van der Waals surface area contributed by atoms with Crippen molar-refractivity contribution < 1.29 is 4.79 Å². The molecule has 0 fully saturated rings. The molecule has 8 heteroatoms. The average Bonchev–Trinajstić information content (AvgIpc) is 2.76. The highest BCUT2D eigenvalue weighted by molar-refractivity contribution is 9.10. The molecule has 5 nitrogen and oxygen atoms in total. The number of hydrogen-bond acceptors (Lipinski definition) is 5. The quantitative estimate of drug-likeness (QED) is 0.864. The minimum atomic E-state index is -0.365. The molecule has 2 aromatic heterocycles. The number of halogens is 2. The first kappa shape index (κ1) is 11.4. The lowest BCUT2D eigenvalue weighted by molar-refractivity contribution is 0.102. The summed E-state index contributed by atoms with van der Waals surface area (Å²) in [6.45, 7) is 0. The minimum Gasteiger partial charge on any atom is -0.318 e. The molecule has 2 aromatic rings. The monoisotopic (exact) mass is 318 g/mol. The molecule has 0 unspecified atom stereocenters. The third kappa shape index (κ3) is 2.55.